The second-order valence-corrected chi connectivity index (χ2v) is 9.68. The van der Waals surface area contributed by atoms with Crippen LogP contribution in [0.25, 0.3) is 0 Å². The predicted molar refractivity (Wildman–Crippen MR) is 111 cm³/mol. The standard InChI is InChI=1S/C20H23BrN2O3S/c1-14-12-16(10-11-18(14)21)23(27(2,25)26)13-20(24)22-19-9-5-7-15-6-3-4-8-17(15)19/h3-4,6,8,10-12,19H,5,7,9,13H2,1-2H3,(H,22,24)/t19-/m1/s1. The van der Waals surface area contributed by atoms with E-state index >= 15 is 0 Å². The van der Waals surface area contributed by atoms with Gasteiger partial charge in [-0.3, -0.25) is 9.10 Å². The van der Waals surface area contributed by atoms with E-state index in [1.54, 1.807) is 18.2 Å². The molecule has 0 fully saturated rings. The molecule has 7 heteroatoms. The number of carbonyl (C=O) groups excluding carboxylic acids is 1. The third kappa shape index (κ3) is 4.71. The van der Waals surface area contributed by atoms with Gasteiger partial charge in [0, 0.05) is 4.47 Å². The van der Waals surface area contributed by atoms with Crippen molar-refractivity contribution in [1.29, 1.82) is 0 Å². The van der Waals surface area contributed by atoms with Gasteiger partial charge >= 0.3 is 0 Å². The van der Waals surface area contributed by atoms with Crippen molar-refractivity contribution in [2.75, 3.05) is 17.1 Å². The largest absolute Gasteiger partial charge is 0.348 e. The minimum absolute atomic E-state index is 0.0736. The number of anilines is 1. The van der Waals surface area contributed by atoms with Crippen molar-refractivity contribution in [2.45, 2.75) is 32.2 Å². The molecule has 1 aliphatic carbocycles. The van der Waals surface area contributed by atoms with E-state index in [1.165, 1.54) is 5.56 Å². The summed E-state index contributed by atoms with van der Waals surface area (Å²) in [6.45, 7) is 1.64. The van der Waals surface area contributed by atoms with Crippen molar-refractivity contribution >= 4 is 37.5 Å². The van der Waals surface area contributed by atoms with E-state index in [4.69, 9.17) is 0 Å². The Bertz CT molecular complexity index is 959. The number of sulfonamides is 1. The van der Waals surface area contributed by atoms with Crippen molar-refractivity contribution in [3.05, 3.63) is 63.6 Å². The molecule has 0 saturated carbocycles. The van der Waals surface area contributed by atoms with Crippen LogP contribution in [0.4, 0.5) is 5.69 Å². The van der Waals surface area contributed by atoms with Gasteiger partial charge in [0.15, 0.2) is 0 Å². The van der Waals surface area contributed by atoms with E-state index in [-0.39, 0.29) is 18.5 Å². The maximum Gasteiger partial charge on any atom is 0.241 e. The third-order valence-corrected chi connectivity index (χ3v) is 6.85. The van der Waals surface area contributed by atoms with Crippen molar-refractivity contribution in [1.82, 2.24) is 5.32 Å². The second-order valence-electron chi connectivity index (χ2n) is 6.91. The molecule has 27 heavy (non-hydrogen) atoms. The molecule has 0 spiro atoms. The summed E-state index contributed by atoms with van der Waals surface area (Å²) < 4.78 is 26.6. The Hall–Kier alpha value is -1.86. The summed E-state index contributed by atoms with van der Waals surface area (Å²) in [4.78, 5) is 12.7. The van der Waals surface area contributed by atoms with Crippen LogP contribution >= 0.6 is 15.9 Å². The van der Waals surface area contributed by atoms with Gasteiger partial charge in [-0.1, -0.05) is 40.2 Å². The molecular weight excluding hydrogens is 428 g/mol. The molecule has 1 aliphatic rings. The van der Waals surface area contributed by atoms with Crippen LogP contribution < -0.4 is 9.62 Å². The van der Waals surface area contributed by atoms with E-state index in [1.807, 2.05) is 25.1 Å². The van der Waals surface area contributed by atoms with Gasteiger partial charge in [-0.15, -0.1) is 0 Å². The van der Waals surface area contributed by atoms with Crippen LogP contribution in [0.3, 0.4) is 0 Å². The monoisotopic (exact) mass is 450 g/mol. The Balaban J connectivity index is 1.79. The number of amides is 1. The van der Waals surface area contributed by atoms with Gasteiger partial charge < -0.3 is 5.32 Å². The van der Waals surface area contributed by atoms with E-state index in [9.17, 15) is 13.2 Å². The first kappa shape index (κ1) is 19.9. The van der Waals surface area contributed by atoms with Gasteiger partial charge in [-0.25, -0.2) is 8.42 Å². The van der Waals surface area contributed by atoms with Crippen molar-refractivity contribution in [2.24, 2.45) is 0 Å². The Kier molecular flexibility index (Phi) is 5.91. The highest BCUT2D eigenvalue weighted by Gasteiger charge is 2.25. The minimum Gasteiger partial charge on any atom is -0.348 e. The maximum atomic E-state index is 12.7. The lowest BCUT2D eigenvalue weighted by atomic mass is 9.88. The van der Waals surface area contributed by atoms with Gasteiger partial charge in [-0.05, 0) is 61.1 Å². The van der Waals surface area contributed by atoms with Crippen LogP contribution in [-0.4, -0.2) is 27.1 Å². The van der Waals surface area contributed by atoms with Gasteiger partial charge in [0.25, 0.3) is 0 Å². The van der Waals surface area contributed by atoms with Crippen molar-refractivity contribution in [3.8, 4) is 0 Å². The average Bonchev–Trinajstić information content (AvgIpc) is 2.61. The smallest absolute Gasteiger partial charge is 0.241 e. The van der Waals surface area contributed by atoms with Crippen molar-refractivity contribution < 1.29 is 13.2 Å². The molecule has 1 amide bonds. The summed E-state index contributed by atoms with van der Waals surface area (Å²) in [5.74, 6) is -0.303. The number of nitrogens with one attached hydrogen (secondary N) is 1. The molecule has 1 atom stereocenters. The van der Waals surface area contributed by atoms with Crippen LogP contribution in [0.5, 0.6) is 0 Å². The quantitative estimate of drug-likeness (QED) is 0.754. The zero-order chi connectivity index (χ0) is 19.6. The molecule has 5 nitrogen and oxygen atoms in total. The molecule has 0 radical (unpaired) electrons. The normalized spacial score (nSPS) is 16.5. The number of carbonyl (C=O) groups is 1. The lowest BCUT2D eigenvalue weighted by molar-refractivity contribution is -0.120. The van der Waals surface area contributed by atoms with Gasteiger partial charge in [0.05, 0.1) is 18.0 Å². The molecule has 0 heterocycles. The summed E-state index contributed by atoms with van der Waals surface area (Å²) in [6, 6.07) is 13.3. The van der Waals surface area contributed by atoms with Crippen LogP contribution in [0.2, 0.25) is 0 Å². The Morgan fingerprint density at radius 3 is 2.70 bits per heavy atom. The third-order valence-electron chi connectivity index (χ3n) is 4.82. The zero-order valence-electron chi connectivity index (χ0n) is 15.4. The number of rotatable bonds is 5. The molecule has 3 rings (SSSR count). The molecule has 1 N–H and O–H groups in total. The lowest BCUT2D eigenvalue weighted by Crippen LogP contribution is -2.42. The first-order chi connectivity index (χ1) is 12.8. The van der Waals surface area contributed by atoms with Crippen LogP contribution in [0.15, 0.2) is 46.9 Å². The summed E-state index contributed by atoms with van der Waals surface area (Å²) in [5.41, 5.74) is 3.76. The topological polar surface area (TPSA) is 66.5 Å². The second kappa shape index (κ2) is 8.02. The molecule has 0 bridgehead atoms. The summed E-state index contributed by atoms with van der Waals surface area (Å²) in [7, 11) is -3.59. The molecule has 2 aromatic rings. The highest BCUT2D eigenvalue weighted by atomic mass is 79.9. The summed E-state index contributed by atoms with van der Waals surface area (Å²) in [5, 5.41) is 3.02. The van der Waals surface area contributed by atoms with Crippen molar-refractivity contribution in [3.63, 3.8) is 0 Å². The van der Waals surface area contributed by atoms with E-state index in [0.717, 1.165) is 45.4 Å². The summed E-state index contributed by atoms with van der Waals surface area (Å²) in [6.07, 6.45) is 3.99. The number of nitrogens with zero attached hydrogens (tertiary/aromatic N) is 1. The molecule has 0 saturated heterocycles. The Morgan fingerprint density at radius 1 is 1.26 bits per heavy atom. The van der Waals surface area contributed by atoms with E-state index in [2.05, 4.69) is 27.3 Å². The number of hydrogen-bond donors (Lipinski definition) is 1. The molecule has 0 aromatic heterocycles. The SMILES string of the molecule is Cc1cc(N(CC(=O)N[C@@H]2CCCc3ccccc32)S(C)(=O)=O)ccc1Br. The number of halogens is 1. The lowest BCUT2D eigenvalue weighted by Gasteiger charge is -2.28. The summed E-state index contributed by atoms with van der Waals surface area (Å²) >= 11 is 3.41. The minimum atomic E-state index is -3.59. The van der Waals surface area contributed by atoms with E-state index in [0.29, 0.717) is 5.69 Å². The van der Waals surface area contributed by atoms with Crippen LogP contribution in [0.1, 0.15) is 35.6 Å². The fourth-order valence-electron chi connectivity index (χ4n) is 3.46. The number of benzene rings is 2. The van der Waals surface area contributed by atoms with Gasteiger partial charge in [0.2, 0.25) is 15.9 Å². The Labute approximate surface area is 169 Å². The molecule has 0 aliphatic heterocycles. The predicted octanol–water partition coefficient (Wildman–Crippen LogP) is 3.72. The molecule has 144 valence electrons. The first-order valence-electron chi connectivity index (χ1n) is 8.87. The molecule has 0 unspecified atom stereocenters. The van der Waals surface area contributed by atoms with E-state index < -0.39 is 10.0 Å². The maximum absolute atomic E-state index is 12.7. The number of fused-ring (bicyclic) bond motifs is 1. The fraction of sp³-hybridized carbons (Fsp3) is 0.350. The highest BCUT2D eigenvalue weighted by Crippen LogP contribution is 2.29. The highest BCUT2D eigenvalue weighted by molar-refractivity contribution is 9.10. The number of hydrogen-bond acceptors (Lipinski definition) is 3. The fourth-order valence-corrected chi connectivity index (χ4v) is 4.55. The average molecular weight is 451 g/mol. The molecule has 2 aromatic carbocycles. The van der Waals surface area contributed by atoms with Gasteiger partial charge in [0.1, 0.15) is 6.54 Å². The van der Waals surface area contributed by atoms with Crippen LogP contribution in [-0.2, 0) is 21.2 Å². The number of aryl methyl sites for hydroxylation is 2. The Morgan fingerprint density at radius 2 is 2.00 bits per heavy atom. The van der Waals surface area contributed by atoms with Gasteiger partial charge in [-0.2, -0.15) is 0 Å². The molecular formula is C20H23BrN2O3S. The first-order valence-corrected chi connectivity index (χ1v) is 11.5. The van der Waals surface area contributed by atoms with Crippen LogP contribution in [0, 0.1) is 6.92 Å². The zero-order valence-corrected chi connectivity index (χ0v) is 17.8.